The number of aryl methyl sites for hydroxylation is 1. The zero-order chi connectivity index (χ0) is 13.1. The van der Waals surface area contributed by atoms with Gasteiger partial charge in [-0.2, -0.15) is 5.10 Å². The number of hydrogen-bond donors (Lipinski definition) is 2. The fourth-order valence-corrected chi connectivity index (χ4v) is 2.88. The third-order valence-electron chi connectivity index (χ3n) is 2.56. The van der Waals surface area contributed by atoms with Crippen LogP contribution in [0, 0.1) is 0 Å². The van der Waals surface area contributed by atoms with Crippen molar-refractivity contribution >= 4 is 33.2 Å². The molecule has 96 valence electrons. The topological polar surface area (TPSA) is 67.2 Å². The highest BCUT2D eigenvalue weighted by atomic mass is 79.9. The number of carboxylic acid groups (broad SMARTS) is 1. The van der Waals surface area contributed by atoms with Gasteiger partial charge in [0.25, 0.3) is 0 Å². The molecule has 2 heterocycles. The van der Waals surface area contributed by atoms with E-state index >= 15 is 0 Å². The van der Waals surface area contributed by atoms with Crippen LogP contribution in [0.15, 0.2) is 28.2 Å². The van der Waals surface area contributed by atoms with Gasteiger partial charge in [0, 0.05) is 18.5 Å². The first-order chi connectivity index (χ1) is 8.59. The molecule has 2 rings (SSSR count). The molecule has 5 nitrogen and oxygen atoms in total. The lowest BCUT2D eigenvalue weighted by Crippen LogP contribution is -2.28. The predicted molar refractivity (Wildman–Crippen MR) is 72.4 cm³/mol. The van der Waals surface area contributed by atoms with Crippen molar-refractivity contribution in [3.8, 4) is 0 Å². The summed E-state index contributed by atoms with van der Waals surface area (Å²) in [6.07, 6.45) is 1.69. The zero-order valence-electron chi connectivity index (χ0n) is 9.63. The van der Waals surface area contributed by atoms with E-state index in [-0.39, 0.29) is 0 Å². The molecule has 1 unspecified atom stereocenters. The lowest BCUT2D eigenvalue weighted by molar-refractivity contribution is -0.139. The van der Waals surface area contributed by atoms with Crippen LogP contribution >= 0.6 is 27.3 Å². The van der Waals surface area contributed by atoms with Crippen molar-refractivity contribution in [2.24, 2.45) is 7.05 Å². The van der Waals surface area contributed by atoms with E-state index in [0.717, 1.165) is 15.0 Å². The third-order valence-corrected chi connectivity index (χ3v) is 4.16. The van der Waals surface area contributed by atoms with Crippen molar-refractivity contribution in [1.29, 1.82) is 0 Å². The van der Waals surface area contributed by atoms with Gasteiger partial charge in [-0.1, -0.05) is 6.07 Å². The van der Waals surface area contributed by atoms with Crippen LogP contribution in [0.2, 0.25) is 0 Å². The van der Waals surface area contributed by atoms with Crippen molar-refractivity contribution < 1.29 is 9.90 Å². The van der Waals surface area contributed by atoms with Gasteiger partial charge in [-0.25, -0.2) is 0 Å². The highest BCUT2D eigenvalue weighted by molar-refractivity contribution is 9.10. The Morgan fingerprint density at radius 2 is 2.50 bits per heavy atom. The summed E-state index contributed by atoms with van der Waals surface area (Å²) < 4.78 is 2.58. The minimum absolute atomic E-state index is 0.436. The SMILES string of the molecule is Cn1ncc(Br)c1CNC(C(=O)O)c1cccs1. The molecular weight excluding hydrogens is 318 g/mol. The number of halogens is 1. The van der Waals surface area contributed by atoms with E-state index < -0.39 is 12.0 Å². The molecule has 0 amide bonds. The van der Waals surface area contributed by atoms with Crippen LogP contribution < -0.4 is 5.32 Å². The number of thiophene rings is 1. The van der Waals surface area contributed by atoms with Gasteiger partial charge in [-0.3, -0.25) is 14.8 Å². The Labute approximate surface area is 117 Å². The fourth-order valence-electron chi connectivity index (χ4n) is 1.60. The maximum Gasteiger partial charge on any atom is 0.326 e. The number of nitrogens with zero attached hydrogens (tertiary/aromatic N) is 2. The number of aromatic nitrogens is 2. The molecular formula is C11H12BrN3O2S. The first-order valence-electron chi connectivity index (χ1n) is 5.25. The van der Waals surface area contributed by atoms with Gasteiger partial charge >= 0.3 is 5.97 Å². The quantitative estimate of drug-likeness (QED) is 0.882. The van der Waals surface area contributed by atoms with E-state index in [1.54, 1.807) is 10.9 Å². The third kappa shape index (κ3) is 2.80. The van der Waals surface area contributed by atoms with Gasteiger partial charge in [0.2, 0.25) is 0 Å². The molecule has 7 heteroatoms. The molecule has 0 radical (unpaired) electrons. The first kappa shape index (κ1) is 13.3. The van der Waals surface area contributed by atoms with Crippen molar-refractivity contribution in [2.75, 3.05) is 0 Å². The van der Waals surface area contributed by atoms with Crippen LogP contribution in [0.1, 0.15) is 16.6 Å². The van der Waals surface area contributed by atoms with Crippen LogP contribution in [0.3, 0.4) is 0 Å². The smallest absolute Gasteiger partial charge is 0.326 e. The second-order valence-electron chi connectivity index (χ2n) is 3.73. The minimum atomic E-state index is -0.879. The second-order valence-corrected chi connectivity index (χ2v) is 5.56. The van der Waals surface area contributed by atoms with Crippen LogP contribution in [-0.4, -0.2) is 20.9 Å². The minimum Gasteiger partial charge on any atom is -0.480 e. The molecule has 2 aromatic heterocycles. The summed E-state index contributed by atoms with van der Waals surface area (Å²) in [5, 5.41) is 18.2. The molecule has 1 atom stereocenters. The Hall–Kier alpha value is -1.18. The normalized spacial score (nSPS) is 12.6. The Balaban J connectivity index is 2.10. The van der Waals surface area contributed by atoms with E-state index in [4.69, 9.17) is 0 Å². The molecule has 2 N–H and O–H groups in total. The molecule has 0 aromatic carbocycles. The van der Waals surface area contributed by atoms with E-state index in [1.807, 2.05) is 24.6 Å². The van der Waals surface area contributed by atoms with E-state index in [2.05, 4.69) is 26.3 Å². The number of rotatable bonds is 5. The summed E-state index contributed by atoms with van der Waals surface area (Å²) in [6, 6.07) is 2.97. The van der Waals surface area contributed by atoms with E-state index in [9.17, 15) is 9.90 Å². The van der Waals surface area contributed by atoms with Gasteiger partial charge in [0.15, 0.2) is 0 Å². The molecule has 18 heavy (non-hydrogen) atoms. The summed E-state index contributed by atoms with van der Waals surface area (Å²) in [5.74, 6) is -0.879. The maximum absolute atomic E-state index is 11.2. The molecule has 2 aromatic rings. The van der Waals surface area contributed by atoms with Gasteiger partial charge < -0.3 is 5.11 Å². The number of aliphatic carboxylic acids is 1. The summed E-state index contributed by atoms with van der Waals surface area (Å²) in [5.41, 5.74) is 0.915. The fraction of sp³-hybridized carbons (Fsp3) is 0.273. The number of nitrogens with one attached hydrogen (secondary N) is 1. The summed E-state index contributed by atoms with van der Waals surface area (Å²) in [4.78, 5) is 12.0. The number of carboxylic acids is 1. The predicted octanol–water partition coefficient (Wildman–Crippen LogP) is 2.16. The average Bonchev–Trinajstić information content (AvgIpc) is 2.93. The summed E-state index contributed by atoms with van der Waals surface area (Å²) >= 11 is 4.81. The van der Waals surface area contributed by atoms with Crippen molar-refractivity contribution in [1.82, 2.24) is 15.1 Å². The van der Waals surface area contributed by atoms with Gasteiger partial charge in [0.1, 0.15) is 6.04 Å². The molecule has 0 saturated carbocycles. The highest BCUT2D eigenvalue weighted by Gasteiger charge is 2.21. The molecule has 0 fully saturated rings. The van der Waals surface area contributed by atoms with Crippen LogP contribution in [0.4, 0.5) is 0 Å². The summed E-state index contributed by atoms with van der Waals surface area (Å²) in [7, 11) is 1.82. The number of hydrogen-bond acceptors (Lipinski definition) is 4. The maximum atomic E-state index is 11.2. The average molecular weight is 330 g/mol. The monoisotopic (exact) mass is 329 g/mol. The van der Waals surface area contributed by atoms with Gasteiger partial charge in [0.05, 0.1) is 16.4 Å². The molecule has 0 aliphatic rings. The van der Waals surface area contributed by atoms with Crippen molar-refractivity contribution in [2.45, 2.75) is 12.6 Å². The summed E-state index contributed by atoms with van der Waals surface area (Å²) in [6.45, 7) is 0.436. The van der Waals surface area contributed by atoms with Crippen molar-refractivity contribution in [3.05, 3.63) is 38.8 Å². The molecule has 0 aliphatic heterocycles. The Kier molecular flexibility index (Phi) is 4.15. The molecule has 0 aliphatic carbocycles. The number of carbonyl (C=O) groups is 1. The lowest BCUT2D eigenvalue weighted by Gasteiger charge is -2.13. The molecule has 0 saturated heterocycles. The van der Waals surface area contributed by atoms with Crippen LogP contribution in [-0.2, 0) is 18.4 Å². The van der Waals surface area contributed by atoms with E-state index in [1.165, 1.54) is 11.3 Å². The van der Waals surface area contributed by atoms with Crippen LogP contribution in [0.5, 0.6) is 0 Å². The molecule has 0 spiro atoms. The Bertz CT molecular complexity index is 519. The Morgan fingerprint density at radius 1 is 1.72 bits per heavy atom. The second kappa shape index (κ2) is 5.64. The lowest BCUT2D eigenvalue weighted by atomic mass is 10.2. The highest BCUT2D eigenvalue weighted by Crippen LogP contribution is 2.21. The van der Waals surface area contributed by atoms with Gasteiger partial charge in [-0.15, -0.1) is 11.3 Å². The Morgan fingerprint density at radius 3 is 3.00 bits per heavy atom. The van der Waals surface area contributed by atoms with Crippen LogP contribution in [0.25, 0.3) is 0 Å². The molecule has 0 bridgehead atoms. The standard InChI is InChI=1S/C11H12BrN3O2S/c1-15-8(7(12)5-14-15)6-13-10(11(16)17)9-3-2-4-18-9/h2-5,10,13H,6H2,1H3,(H,16,17). The zero-order valence-corrected chi connectivity index (χ0v) is 12.0. The largest absolute Gasteiger partial charge is 0.480 e. The van der Waals surface area contributed by atoms with Gasteiger partial charge in [-0.05, 0) is 27.4 Å². The first-order valence-corrected chi connectivity index (χ1v) is 6.93. The van der Waals surface area contributed by atoms with E-state index in [0.29, 0.717) is 6.54 Å². The van der Waals surface area contributed by atoms with Crippen molar-refractivity contribution in [3.63, 3.8) is 0 Å².